The zero-order valence-corrected chi connectivity index (χ0v) is 15.0. The van der Waals surface area contributed by atoms with Gasteiger partial charge in [-0.1, -0.05) is 0 Å². The molecule has 2 fully saturated rings. The first-order valence-electron chi connectivity index (χ1n) is 9.07. The standard InChI is InChI=1S/C18H27N5O2/c1-14(2)23-9-3-4-16(17(23)24)21-10-12-22(13-11-21)18(25)20-15-5-7-19-8-6-15/h5-8,14,16H,3-4,9-13H2,1-2H3,(H,19,20,25). The Kier molecular flexibility index (Phi) is 5.53. The minimum absolute atomic E-state index is 0.0263. The number of rotatable bonds is 3. The Labute approximate surface area is 149 Å². The molecule has 3 rings (SSSR count). The van der Waals surface area contributed by atoms with Gasteiger partial charge in [0.2, 0.25) is 5.91 Å². The van der Waals surface area contributed by atoms with Crippen molar-refractivity contribution in [2.45, 2.75) is 38.8 Å². The van der Waals surface area contributed by atoms with Crippen LogP contribution >= 0.6 is 0 Å². The Bertz CT molecular complexity index is 599. The van der Waals surface area contributed by atoms with Gasteiger partial charge in [0.05, 0.1) is 6.04 Å². The van der Waals surface area contributed by atoms with Crippen LogP contribution in [0.1, 0.15) is 26.7 Å². The second kappa shape index (κ2) is 7.82. The summed E-state index contributed by atoms with van der Waals surface area (Å²) >= 11 is 0. The van der Waals surface area contributed by atoms with Crippen molar-refractivity contribution in [2.75, 3.05) is 38.0 Å². The van der Waals surface area contributed by atoms with Crippen LogP contribution in [0.5, 0.6) is 0 Å². The normalized spacial score (nSPS) is 22.4. The van der Waals surface area contributed by atoms with E-state index in [0.29, 0.717) is 13.1 Å². The van der Waals surface area contributed by atoms with E-state index in [0.717, 1.165) is 38.2 Å². The number of nitrogens with one attached hydrogen (secondary N) is 1. The highest BCUT2D eigenvalue weighted by molar-refractivity contribution is 5.89. The number of hydrogen-bond acceptors (Lipinski definition) is 4. The van der Waals surface area contributed by atoms with Crippen LogP contribution in [0.2, 0.25) is 0 Å². The lowest BCUT2D eigenvalue weighted by Crippen LogP contribution is -2.59. The van der Waals surface area contributed by atoms with Gasteiger partial charge in [0, 0.05) is 56.8 Å². The average Bonchev–Trinajstić information content (AvgIpc) is 2.62. The number of carbonyl (C=O) groups excluding carboxylic acids is 2. The fraction of sp³-hybridized carbons (Fsp3) is 0.611. The van der Waals surface area contributed by atoms with Gasteiger partial charge in [0.15, 0.2) is 0 Å². The summed E-state index contributed by atoms with van der Waals surface area (Å²) in [5.41, 5.74) is 0.748. The maximum absolute atomic E-state index is 12.7. The van der Waals surface area contributed by atoms with Gasteiger partial charge in [-0.2, -0.15) is 0 Å². The quantitative estimate of drug-likeness (QED) is 0.904. The van der Waals surface area contributed by atoms with E-state index < -0.39 is 0 Å². The molecule has 3 amide bonds. The van der Waals surface area contributed by atoms with Crippen molar-refractivity contribution in [3.63, 3.8) is 0 Å². The molecule has 0 aliphatic carbocycles. The Hall–Kier alpha value is -2.15. The van der Waals surface area contributed by atoms with E-state index >= 15 is 0 Å². The number of carbonyl (C=O) groups is 2. The van der Waals surface area contributed by atoms with Gasteiger partial charge in [-0.25, -0.2) is 4.79 Å². The zero-order valence-electron chi connectivity index (χ0n) is 15.0. The number of likely N-dealkylation sites (tertiary alicyclic amines) is 1. The number of aromatic nitrogens is 1. The van der Waals surface area contributed by atoms with Gasteiger partial charge in [0.25, 0.3) is 0 Å². The van der Waals surface area contributed by atoms with Crippen molar-refractivity contribution in [3.05, 3.63) is 24.5 Å². The lowest BCUT2D eigenvalue weighted by Gasteiger charge is -2.43. The van der Waals surface area contributed by atoms with Crippen LogP contribution in [0.4, 0.5) is 10.5 Å². The van der Waals surface area contributed by atoms with Gasteiger partial charge in [-0.3, -0.25) is 14.7 Å². The number of hydrogen-bond donors (Lipinski definition) is 1. The molecule has 1 aromatic rings. The zero-order chi connectivity index (χ0) is 17.8. The molecule has 0 radical (unpaired) electrons. The predicted octanol–water partition coefficient (Wildman–Crippen LogP) is 1.63. The van der Waals surface area contributed by atoms with Crippen LogP contribution in [0.3, 0.4) is 0 Å². The highest BCUT2D eigenvalue weighted by Crippen LogP contribution is 2.21. The first-order chi connectivity index (χ1) is 12.1. The third-order valence-electron chi connectivity index (χ3n) is 5.04. The summed E-state index contributed by atoms with van der Waals surface area (Å²) in [7, 11) is 0. The van der Waals surface area contributed by atoms with Crippen LogP contribution in [0.15, 0.2) is 24.5 Å². The molecule has 1 aromatic heterocycles. The summed E-state index contributed by atoms with van der Waals surface area (Å²) in [5.74, 6) is 0.246. The lowest BCUT2D eigenvalue weighted by molar-refractivity contribution is -0.142. The molecule has 0 bridgehead atoms. The molecule has 1 unspecified atom stereocenters. The number of pyridine rings is 1. The number of piperidine rings is 1. The number of piperazine rings is 1. The maximum Gasteiger partial charge on any atom is 0.321 e. The van der Waals surface area contributed by atoms with Crippen molar-refractivity contribution in [1.82, 2.24) is 19.7 Å². The van der Waals surface area contributed by atoms with Gasteiger partial charge in [-0.05, 0) is 38.8 Å². The molecule has 1 atom stereocenters. The Morgan fingerprint density at radius 1 is 1.16 bits per heavy atom. The second-order valence-corrected chi connectivity index (χ2v) is 6.97. The first kappa shape index (κ1) is 17.7. The monoisotopic (exact) mass is 345 g/mol. The van der Waals surface area contributed by atoms with Crippen LogP contribution in [0.25, 0.3) is 0 Å². The molecule has 3 heterocycles. The average molecular weight is 345 g/mol. The van der Waals surface area contributed by atoms with Crippen LogP contribution in [-0.2, 0) is 4.79 Å². The molecule has 2 aliphatic heterocycles. The van der Waals surface area contributed by atoms with E-state index in [9.17, 15) is 9.59 Å². The molecule has 7 nitrogen and oxygen atoms in total. The number of nitrogens with zero attached hydrogens (tertiary/aromatic N) is 4. The van der Waals surface area contributed by atoms with Gasteiger partial charge >= 0.3 is 6.03 Å². The van der Waals surface area contributed by atoms with Crippen molar-refractivity contribution in [3.8, 4) is 0 Å². The lowest BCUT2D eigenvalue weighted by atomic mass is 10.0. The number of amides is 3. The van der Waals surface area contributed by atoms with Gasteiger partial charge in [0.1, 0.15) is 0 Å². The summed E-state index contributed by atoms with van der Waals surface area (Å²) in [4.78, 5) is 35.0. The largest absolute Gasteiger partial charge is 0.339 e. The Morgan fingerprint density at radius 2 is 1.84 bits per heavy atom. The summed E-state index contributed by atoms with van der Waals surface area (Å²) in [6.07, 6.45) is 5.29. The fourth-order valence-electron chi connectivity index (χ4n) is 3.61. The topological polar surface area (TPSA) is 68.8 Å². The SMILES string of the molecule is CC(C)N1CCCC(N2CCN(C(=O)Nc3ccncc3)CC2)C1=O. The molecule has 0 aromatic carbocycles. The molecule has 25 heavy (non-hydrogen) atoms. The van der Waals surface area contributed by atoms with Crippen LogP contribution in [-0.4, -0.2) is 76.4 Å². The van der Waals surface area contributed by atoms with E-state index in [4.69, 9.17) is 0 Å². The summed E-state index contributed by atoms with van der Waals surface area (Å²) in [5, 5.41) is 2.89. The van der Waals surface area contributed by atoms with E-state index in [1.54, 1.807) is 24.5 Å². The minimum atomic E-state index is -0.0929. The molecule has 136 valence electrons. The molecule has 1 N–H and O–H groups in total. The van der Waals surface area contributed by atoms with Gasteiger partial charge < -0.3 is 15.1 Å². The third kappa shape index (κ3) is 4.10. The van der Waals surface area contributed by atoms with Crippen LogP contribution < -0.4 is 5.32 Å². The highest BCUT2D eigenvalue weighted by atomic mass is 16.2. The van der Waals surface area contributed by atoms with Crippen LogP contribution in [0, 0.1) is 0 Å². The molecule has 0 spiro atoms. The fourth-order valence-corrected chi connectivity index (χ4v) is 3.61. The van der Waals surface area contributed by atoms with E-state index in [2.05, 4.69) is 29.0 Å². The predicted molar refractivity (Wildman–Crippen MR) is 96.3 cm³/mol. The molecule has 7 heteroatoms. The summed E-state index contributed by atoms with van der Waals surface area (Å²) in [6, 6.07) is 3.68. The van der Waals surface area contributed by atoms with Crippen molar-refractivity contribution < 1.29 is 9.59 Å². The van der Waals surface area contributed by atoms with Gasteiger partial charge in [-0.15, -0.1) is 0 Å². The van der Waals surface area contributed by atoms with E-state index in [1.165, 1.54) is 0 Å². The van der Waals surface area contributed by atoms with Crippen molar-refractivity contribution in [1.29, 1.82) is 0 Å². The van der Waals surface area contributed by atoms with E-state index in [1.807, 2.05) is 9.80 Å². The summed E-state index contributed by atoms with van der Waals surface area (Å²) < 4.78 is 0. The highest BCUT2D eigenvalue weighted by Gasteiger charge is 2.36. The molecular formula is C18H27N5O2. The first-order valence-corrected chi connectivity index (χ1v) is 9.07. The molecule has 0 saturated carbocycles. The van der Waals surface area contributed by atoms with Crippen molar-refractivity contribution in [2.24, 2.45) is 0 Å². The number of anilines is 1. The maximum atomic E-state index is 12.7. The van der Waals surface area contributed by atoms with E-state index in [-0.39, 0.29) is 24.0 Å². The second-order valence-electron chi connectivity index (χ2n) is 6.97. The Balaban J connectivity index is 1.53. The number of urea groups is 1. The third-order valence-corrected chi connectivity index (χ3v) is 5.04. The minimum Gasteiger partial charge on any atom is -0.339 e. The molecule has 2 saturated heterocycles. The Morgan fingerprint density at radius 3 is 2.48 bits per heavy atom. The van der Waals surface area contributed by atoms with Crippen molar-refractivity contribution >= 4 is 17.6 Å². The smallest absolute Gasteiger partial charge is 0.321 e. The molecular weight excluding hydrogens is 318 g/mol. The summed E-state index contributed by atoms with van der Waals surface area (Å²) in [6.45, 7) is 7.77. The molecule has 2 aliphatic rings.